The summed E-state index contributed by atoms with van der Waals surface area (Å²) in [6.07, 6.45) is 5.45. The minimum Gasteiger partial charge on any atom is -0.380 e. The first-order chi connectivity index (χ1) is 8.04. The molecular weight excluding hydrogens is 300 g/mol. The first kappa shape index (κ1) is 13.2. The second kappa shape index (κ2) is 5.57. The predicted octanol–water partition coefficient (Wildman–Crippen LogP) is 4.73. The number of hydrogen-bond acceptors (Lipinski definition) is 2. The van der Waals surface area contributed by atoms with Crippen molar-refractivity contribution in [3.05, 3.63) is 21.9 Å². The van der Waals surface area contributed by atoms with Crippen molar-refractivity contribution in [1.82, 2.24) is 4.98 Å². The van der Waals surface area contributed by atoms with E-state index in [9.17, 15) is 0 Å². The van der Waals surface area contributed by atoms with E-state index in [2.05, 4.69) is 40.1 Å². The maximum atomic E-state index is 5.97. The number of nitrogens with zero attached hydrogens (tertiary/aromatic N) is 1. The number of nitrogens with one attached hydrogen (secondary N) is 1. The molecule has 17 heavy (non-hydrogen) atoms. The molecule has 0 amide bonds. The van der Waals surface area contributed by atoms with Gasteiger partial charge in [0.2, 0.25) is 0 Å². The molecule has 0 aliphatic heterocycles. The largest absolute Gasteiger partial charge is 0.380 e. The zero-order valence-corrected chi connectivity index (χ0v) is 12.6. The molecule has 1 saturated carbocycles. The summed E-state index contributed by atoms with van der Waals surface area (Å²) < 4.78 is 0.841. The number of anilines is 1. The van der Waals surface area contributed by atoms with Crippen LogP contribution in [0.3, 0.4) is 0 Å². The highest BCUT2D eigenvalue weighted by Crippen LogP contribution is 2.32. The van der Waals surface area contributed by atoms with Crippen LogP contribution in [-0.4, -0.2) is 11.0 Å². The van der Waals surface area contributed by atoms with E-state index in [1.165, 1.54) is 19.3 Å². The highest BCUT2D eigenvalue weighted by atomic mass is 79.9. The van der Waals surface area contributed by atoms with Crippen molar-refractivity contribution < 1.29 is 0 Å². The summed E-state index contributed by atoms with van der Waals surface area (Å²) in [5, 5.41) is 4.23. The Balaban J connectivity index is 2.07. The molecule has 0 aromatic carbocycles. The second-order valence-corrected chi connectivity index (χ2v) is 6.44. The Hall–Kier alpha value is -0.280. The molecule has 1 aliphatic rings. The van der Waals surface area contributed by atoms with Crippen molar-refractivity contribution >= 4 is 33.2 Å². The summed E-state index contributed by atoms with van der Waals surface area (Å²) in [5.41, 5.74) is 1.00. The maximum absolute atomic E-state index is 5.97. The Bertz CT molecular complexity index is 387. The average molecular weight is 318 g/mol. The molecular formula is C13H18BrClN2. The molecule has 1 aromatic rings. The Morgan fingerprint density at radius 2 is 1.94 bits per heavy atom. The number of pyridine rings is 1. The fraction of sp³-hybridized carbons (Fsp3) is 0.615. The van der Waals surface area contributed by atoms with Gasteiger partial charge in [0.25, 0.3) is 0 Å². The van der Waals surface area contributed by atoms with Gasteiger partial charge < -0.3 is 5.32 Å². The van der Waals surface area contributed by atoms with E-state index in [0.29, 0.717) is 11.1 Å². The molecule has 0 spiro atoms. The Morgan fingerprint density at radius 3 is 2.59 bits per heavy atom. The predicted molar refractivity (Wildman–Crippen MR) is 76.5 cm³/mol. The molecule has 2 nitrogen and oxygen atoms in total. The molecule has 94 valence electrons. The Kier molecular flexibility index (Phi) is 4.31. The highest BCUT2D eigenvalue weighted by Gasteiger charge is 2.24. The van der Waals surface area contributed by atoms with Gasteiger partial charge in [0.05, 0.1) is 10.7 Å². The first-order valence-corrected chi connectivity index (χ1v) is 7.29. The minimum absolute atomic E-state index is 0.533. The summed E-state index contributed by atoms with van der Waals surface area (Å²) in [6.45, 7) is 4.66. The first-order valence-electron chi connectivity index (χ1n) is 6.12. The molecule has 2 atom stereocenters. The normalized spacial score (nSPS) is 29.1. The molecule has 0 saturated heterocycles. The van der Waals surface area contributed by atoms with Crippen molar-refractivity contribution in [3.63, 3.8) is 0 Å². The summed E-state index contributed by atoms with van der Waals surface area (Å²) in [7, 11) is 0. The number of halogens is 2. The lowest BCUT2D eigenvalue weighted by atomic mass is 9.80. The SMILES string of the molecule is CC1CC(C)CC(Nc2cc(Cl)cnc2Br)C1. The van der Waals surface area contributed by atoms with Crippen LogP contribution in [0, 0.1) is 11.8 Å². The summed E-state index contributed by atoms with van der Waals surface area (Å²) >= 11 is 9.42. The van der Waals surface area contributed by atoms with Crippen molar-refractivity contribution in [2.24, 2.45) is 11.8 Å². The maximum Gasteiger partial charge on any atom is 0.129 e. The van der Waals surface area contributed by atoms with Crippen LogP contribution in [0.2, 0.25) is 5.02 Å². The van der Waals surface area contributed by atoms with Crippen molar-refractivity contribution in [2.75, 3.05) is 5.32 Å². The van der Waals surface area contributed by atoms with Gasteiger partial charge in [0.15, 0.2) is 0 Å². The van der Waals surface area contributed by atoms with Crippen LogP contribution in [0.25, 0.3) is 0 Å². The topological polar surface area (TPSA) is 24.9 Å². The summed E-state index contributed by atoms with van der Waals surface area (Å²) in [6, 6.07) is 2.47. The number of hydrogen-bond donors (Lipinski definition) is 1. The van der Waals surface area contributed by atoms with E-state index in [4.69, 9.17) is 11.6 Å². The molecule has 4 heteroatoms. The van der Waals surface area contributed by atoms with Crippen LogP contribution in [0.1, 0.15) is 33.1 Å². The monoisotopic (exact) mass is 316 g/mol. The molecule has 0 bridgehead atoms. The van der Waals surface area contributed by atoms with Crippen LogP contribution in [0.15, 0.2) is 16.9 Å². The molecule has 1 fully saturated rings. The van der Waals surface area contributed by atoms with E-state index in [1.807, 2.05) is 6.07 Å². The standard InChI is InChI=1S/C13H18BrClN2/c1-8-3-9(2)5-11(4-8)17-12-6-10(15)7-16-13(12)14/h6-9,11,17H,3-5H2,1-2H3. The lowest BCUT2D eigenvalue weighted by molar-refractivity contribution is 0.281. The third-order valence-corrected chi connectivity index (χ3v) is 4.18. The fourth-order valence-electron chi connectivity index (χ4n) is 2.81. The fourth-order valence-corrected chi connectivity index (χ4v) is 3.30. The summed E-state index contributed by atoms with van der Waals surface area (Å²) in [4.78, 5) is 4.20. The van der Waals surface area contributed by atoms with Gasteiger partial charge in [-0.15, -0.1) is 0 Å². The molecule has 0 radical (unpaired) electrons. The Morgan fingerprint density at radius 1 is 1.29 bits per heavy atom. The van der Waals surface area contributed by atoms with Gasteiger partial charge in [-0.1, -0.05) is 25.4 Å². The molecule has 1 aromatic heterocycles. The second-order valence-electron chi connectivity index (χ2n) is 5.25. The van der Waals surface area contributed by atoms with Gasteiger partial charge in [0.1, 0.15) is 4.60 Å². The van der Waals surface area contributed by atoms with Crippen LogP contribution in [0.5, 0.6) is 0 Å². The minimum atomic E-state index is 0.533. The van der Waals surface area contributed by atoms with E-state index in [-0.39, 0.29) is 0 Å². The lowest BCUT2D eigenvalue weighted by Gasteiger charge is -2.32. The zero-order valence-electron chi connectivity index (χ0n) is 10.2. The molecule has 1 aliphatic carbocycles. The average Bonchev–Trinajstić information content (AvgIpc) is 2.22. The third-order valence-electron chi connectivity index (χ3n) is 3.34. The van der Waals surface area contributed by atoms with Crippen LogP contribution in [0.4, 0.5) is 5.69 Å². The van der Waals surface area contributed by atoms with Gasteiger partial charge in [-0.05, 0) is 53.1 Å². The van der Waals surface area contributed by atoms with Gasteiger partial charge in [0, 0.05) is 12.2 Å². The summed E-state index contributed by atoms with van der Waals surface area (Å²) in [5.74, 6) is 1.59. The van der Waals surface area contributed by atoms with Gasteiger partial charge in [-0.2, -0.15) is 0 Å². The van der Waals surface area contributed by atoms with Crippen molar-refractivity contribution in [2.45, 2.75) is 39.2 Å². The molecule has 2 unspecified atom stereocenters. The van der Waals surface area contributed by atoms with Gasteiger partial charge in [-0.3, -0.25) is 0 Å². The third kappa shape index (κ3) is 3.59. The van der Waals surface area contributed by atoms with Gasteiger partial charge >= 0.3 is 0 Å². The smallest absolute Gasteiger partial charge is 0.129 e. The van der Waals surface area contributed by atoms with Crippen molar-refractivity contribution in [1.29, 1.82) is 0 Å². The number of aromatic nitrogens is 1. The van der Waals surface area contributed by atoms with Crippen LogP contribution in [-0.2, 0) is 0 Å². The van der Waals surface area contributed by atoms with Crippen LogP contribution < -0.4 is 5.32 Å². The van der Waals surface area contributed by atoms with Crippen LogP contribution >= 0.6 is 27.5 Å². The van der Waals surface area contributed by atoms with Crippen molar-refractivity contribution in [3.8, 4) is 0 Å². The van der Waals surface area contributed by atoms with E-state index in [0.717, 1.165) is 22.1 Å². The van der Waals surface area contributed by atoms with E-state index in [1.54, 1.807) is 6.20 Å². The lowest BCUT2D eigenvalue weighted by Crippen LogP contribution is -2.30. The van der Waals surface area contributed by atoms with E-state index >= 15 is 0 Å². The molecule has 1 N–H and O–H groups in total. The van der Waals surface area contributed by atoms with Gasteiger partial charge in [-0.25, -0.2) is 4.98 Å². The quantitative estimate of drug-likeness (QED) is 0.797. The molecule has 2 rings (SSSR count). The number of rotatable bonds is 2. The highest BCUT2D eigenvalue weighted by molar-refractivity contribution is 9.10. The Labute approximate surface area is 116 Å². The molecule has 1 heterocycles. The van der Waals surface area contributed by atoms with E-state index < -0.39 is 0 Å². The zero-order chi connectivity index (χ0) is 12.4.